The molecule has 0 spiro atoms. The number of nitrogens with zero attached hydrogens (tertiary/aromatic N) is 4. The van der Waals surface area contributed by atoms with Gasteiger partial charge in [0, 0.05) is 61.2 Å². The first-order valence-electron chi connectivity index (χ1n) is 11.8. The Bertz CT molecular complexity index is 1510. The molecule has 176 valence electrons. The Hall–Kier alpha value is -3.39. The van der Waals surface area contributed by atoms with Crippen molar-refractivity contribution >= 4 is 43.8 Å². The van der Waals surface area contributed by atoms with Gasteiger partial charge in [-0.15, -0.1) is 11.3 Å². The van der Waals surface area contributed by atoms with E-state index in [4.69, 9.17) is 0 Å². The number of hydrogen-bond donors (Lipinski definition) is 1. The van der Waals surface area contributed by atoms with E-state index in [1.165, 1.54) is 0 Å². The highest BCUT2D eigenvalue weighted by atomic mass is 32.1. The Balaban J connectivity index is 1.25. The first-order valence-corrected chi connectivity index (χ1v) is 12.7. The molecule has 1 aliphatic heterocycles. The van der Waals surface area contributed by atoms with Gasteiger partial charge in [-0.1, -0.05) is 24.3 Å². The van der Waals surface area contributed by atoms with Crippen LogP contribution in [0.25, 0.3) is 32.2 Å². The molecule has 0 radical (unpaired) electrons. The van der Waals surface area contributed by atoms with E-state index in [9.17, 15) is 0 Å². The highest BCUT2D eigenvalue weighted by Gasteiger charge is 2.15. The normalized spacial score (nSPS) is 15.1. The van der Waals surface area contributed by atoms with Gasteiger partial charge in [0.25, 0.3) is 0 Å². The van der Waals surface area contributed by atoms with Crippen LogP contribution in [0.1, 0.15) is 5.56 Å². The molecule has 5 nitrogen and oxygen atoms in total. The summed E-state index contributed by atoms with van der Waals surface area (Å²) in [6.45, 7) is 4.93. The van der Waals surface area contributed by atoms with Gasteiger partial charge in [-0.3, -0.25) is 9.88 Å². The average molecular weight is 484 g/mol. The number of thiazole rings is 1. The Morgan fingerprint density at radius 3 is 2.66 bits per heavy atom. The summed E-state index contributed by atoms with van der Waals surface area (Å²) < 4.78 is 16.3. The van der Waals surface area contributed by atoms with Crippen LogP contribution in [-0.2, 0) is 6.54 Å². The molecule has 0 atom stereocenters. The Kier molecular flexibility index (Phi) is 5.90. The second-order valence-corrected chi connectivity index (χ2v) is 10.0. The molecule has 1 fully saturated rings. The molecular weight excluding hydrogens is 457 g/mol. The zero-order chi connectivity index (χ0) is 23.8. The zero-order valence-electron chi connectivity index (χ0n) is 19.5. The number of hydrogen-bond acceptors (Lipinski definition) is 6. The first-order chi connectivity index (χ1) is 17.1. The van der Waals surface area contributed by atoms with Crippen molar-refractivity contribution in [1.82, 2.24) is 19.8 Å². The fourth-order valence-corrected chi connectivity index (χ4v) is 5.33. The first kappa shape index (κ1) is 22.1. The molecular formula is C28H26FN5S. The van der Waals surface area contributed by atoms with E-state index in [2.05, 4.69) is 44.3 Å². The predicted molar refractivity (Wildman–Crippen MR) is 143 cm³/mol. The van der Waals surface area contributed by atoms with Gasteiger partial charge in [-0.25, -0.2) is 9.37 Å². The van der Waals surface area contributed by atoms with Crippen LogP contribution in [0.15, 0.2) is 72.4 Å². The van der Waals surface area contributed by atoms with Crippen LogP contribution in [0.4, 0.5) is 15.8 Å². The highest BCUT2D eigenvalue weighted by molar-refractivity contribution is 7.16. The van der Waals surface area contributed by atoms with Gasteiger partial charge < -0.3 is 10.2 Å². The van der Waals surface area contributed by atoms with Gasteiger partial charge in [0.05, 0.1) is 21.2 Å². The molecule has 0 amide bonds. The van der Waals surface area contributed by atoms with Crippen LogP contribution >= 0.6 is 11.3 Å². The molecule has 6 rings (SSSR count). The fourth-order valence-electron chi connectivity index (χ4n) is 4.67. The standard InChI is InChI=1S/C28H26FN5S/c1-33-10-12-34(13-11-33)17-19-2-5-22(24(29)14-19)20-3-6-23-25(8-9-30-26(23)15-20)32-21-4-7-28-27(16-21)31-18-35-28/h2-9,14-16,18H,10-13,17H2,1H3,(H,30,32). The second kappa shape index (κ2) is 9.34. The van der Waals surface area contributed by atoms with Crippen LogP contribution in [0.3, 0.4) is 0 Å². The van der Waals surface area contributed by atoms with Crippen molar-refractivity contribution < 1.29 is 4.39 Å². The molecule has 1 saturated heterocycles. The Morgan fingerprint density at radius 1 is 0.914 bits per heavy atom. The molecule has 5 aromatic rings. The summed E-state index contributed by atoms with van der Waals surface area (Å²) in [5, 5.41) is 4.48. The summed E-state index contributed by atoms with van der Waals surface area (Å²) in [7, 11) is 2.14. The van der Waals surface area contributed by atoms with Crippen LogP contribution in [0.2, 0.25) is 0 Å². The van der Waals surface area contributed by atoms with Gasteiger partial charge >= 0.3 is 0 Å². The monoisotopic (exact) mass is 483 g/mol. The van der Waals surface area contributed by atoms with Crippen molar-refractivity contribution in [2.75, 3.05) is 38.5 Å². The van der Waals surface area contributed by atoms with Crippen molar-refractivity contribution in [1.29, 1.82) is 0 Å². The van der Waals surface area contributed by atoms with Crippen molar-refractivity contribution in [3.63, 3.8) is 0 Å². The maximum atomic E-state index is 15.2. The largest absolute Gasteiger partial charge is 0.355 e. The van der Waals surface area contributed by atoms with Gasteiger partial charge in [0.2, 0.25) is 0 Å². The van der Waals surface area contributed by atoms with E-state index in [-0.39, 0.29) is 5.82 Å². The molecule has 1 N–H and O–H groups in total. The molecule has 1 aliphatic rings. The van der Waals surface area contributed by atoms with Crippen molar-refractivity contribution in [3.8, 4) is 11.1 Å². The van der Waals surface area contributed by atoms with E-state index in [0.29, 0.717) is 5.56 Å². The number of likely N-dealkylation sites (N-methyl/N-ethyl adjacent to an activating group) is 1. The van der Waals surface area contributed by atoms with Crippen molar-refractivity contribution in [2.24, 2.45) is 0 Å². The van der Waals surface area contributed by atoms with E-state index in [1.807, 2.05) is 48.0 Å². The number of piperazine rings is 1. The molecule has 0 aliphatic carbocycles. The maximum Gasteiger partial charge on any atom is 0.131 e. The number of nitrogens with one attached hydrogen (secondary N) is 1. The third kappa shape index (κ3) is 4.62. The fraction of sp³-hybridized carbons (Fsp3) is 0.214. The van der Waals surface area contributed by atoms with Crippen LogP contribution in [-0.4, -0.2) is 53.0 Å². The zero-order valence-corrected chi connectivity index (χ0v) is 20.4. The second-order valence-electron chi connectivity index (χ2n) is 9.14. The lowest BCUT2D eigenvalue weighted by atomic mass is 10.0. The quantitative estimate of drug-likeness (QED) is 0.325. The van der Waals surface area contributed by atoms with Gasteiger partial charge in [0.1, 0.15) is 5.82 Å². The molecule has 0 saturated carbocycles. The number of aromatic nitrogens is 2. The van der Waals surface area contributed by atoms with Gasteiger partial charge in [-0.05, 0) is 54.6 Å². The molecule has 0 bridgehead atoms. The van der Waals surface area contributed by atoms with Gasteiger partial charge in [-0.2, -0.15) is 0 Å². The number of halogens is 1. The summed E-state index contributed by atoms with van der Waals surface area (Å²) in [5.41, 5.74) is 8.03. The smallest absolute Gasteiger partial charge is 0.131 e. The highest BCUT2D eigenvalue weighted by Crippen LogP contribution is 2.32. The summed E-state index contributed by atoms with van der Waals surface area (Å²) in [6, 6.07) is 19.7. The van der Waals surface area contributed by atoms with E-state index >= 15 is 4.39 Å². The summed E-state index contributed by atoms with van der Waals surface area (Å²) >= 11 is 1.63. The number of benzene rings is 3. The van der Waals surface area contributed by atoms with Gasteiger partial charge in [0.15, 0.2) is 0 Å². The Morgan fingerprint density at radius 2 is 1.80 bits per heavy atom. The third-order valence-electron chi connectivity index (χ3n) is 6.70. The molecule has 3 aromatic carbocycles. The topological polar surface area (TPSA) is 44.3 Å². The van der Waals surface area contributed by atoms with Crippen LogP contribution in [0, 0.1) is 5.82 Å². The minimum atomic E-state index is -0.193. The summed E-state index contributed by atoms with van der Waals surface area (Å²) in [6.07, 6.45) is 1.78. The Labute approximate surface area is 207 Å². The van der Waals surface area contributed by atoms with E-state index < -0.39 is 0 Å². The molecule has 2 aromatic heterocycles. The maximum absolute atomic E-state index is 15.2. The molecule has 3 heterocycles. The van der Waals surface area contributed by atoms with E-state index in [0.717, 1.165) is 76.3 Å². The minimum absolute atomic E-state index is 0.193. The number of fused-ring (bicyclic) bond motifs is 2. The number of anilines is 2. The summed E-state index contributed by atoms with van der Waals surface area (Å²) in [4.78, 5) is 13.7. The SMILES string of the molecule is CN1CCN(Cc2ccc(-c3ccc4c(Nc5ccc6scnc6c5)ccnc4c3)c(F)c2)CC1. The lowest BCUT2D eigenvalue weighted by Crippen LogP contribution is -2.43. The predicted octanol–water partition coefficient (Wildman–Crippen LogP) is 6.14. The minimum Gasteiger partial charge on any atom is -0.355 e. The molecule has 7 heteroatoms. The molecule has 0 unspecified atom stereocenters. The van der Waals surface area contributed by atoms with Crippen molar-refractivity contribution in [2.45, 2.75) is 6.54 Å². The van der Waals surface area contributed by atoms with Crippen LogP contribution in [0.5, 0.6) is 0 Å². The van der Waals surface area contributed by atoms with E-state index in [1.54, 1.807) is 23.6 Å². The number of pyridine rings is 1. The van der Waals surface area contributed by atoms with Crippen LogP contribution < -0.4 is 5.32 Å². The lowest BCUT2D eigenvalue weighted by molar-refractivity contribution is 0.148. The molecule has 35 heavy (non-hydrogen) atoms. The lowest BCUT2D eigenvalue weighted by Gasteiger charge is -2.32. The third-order valence-corrected chi connectivity index (χ3v) is 7.51. The van der Waals surface area contributed by atoms with Crippen molar-refractivity contribution in [3.05, 3.63) is 83.8 Å². The average Bonchev–Trinajstić information content (AvgIpc) is 3.33. The summed E-state index contributed by atoms with van der Waals surface area (Å²) in [5.74, 6) is -0.193. The number of rotatable bonds is 5.